The van der Waals surface area contributed by atoms with Crippen LogP contribution in [0, 0.1) is 6.92 Å². The normalized spacial score (nSPS) is 10.1. The van der Waals surface area contributed by atoms with Crippen molar-refractivity contribution in [2.75, 3.05) is 7.11 Å². The van der Waals surface area contributed by atoms with Gasteiger partial charge < -0.3 is 9.15 Å². The Kier molecular flexibility index (Phi) is 5.87. The Morgan fingerprint density at radius 2 is 1.73 bits per heavy atom. The van der Waals surface area contributed by atoms with Gasteiger partial charge in [-0.2, -0.15) is 0 Å². The third kappa shape index (κ3) is 5.20. The first-order valence-electron chi connectivity index (χ1n) is 6.72. The van der Waals surface area contributed by atoms with Gasteiger partial charge in [0.2, 0.25) is 0 Å². The van der Waals surface area contributed by atoms with E-state index in [4.69, 9.17) is 9.15 Å². The van der Waals surface area contributed by atoms with E-state index in [1.54, 1.807) is 13.4 Å². The number of furan rings is 1. The first kappa shape index (κ1) is 15.4. The number of aromatic nitrogens is 3. The fraction of sp³-hybridized carbons (Fsp3) is 0.118. The molecule has 0 fully saturated rings. The van der Waals surface area contributed by atoms with Gasteiger partial charge in [0.25, 0.3) is 0 Å². The number of rotatable bonds is 3. The van der Waals surface area contributed by atoms with Crippen molar-refractivity contribution < 1.29 is 9.15 Å². The van der Waals surface area contributed by atoms with Crippen LogP contribution in [0.25, 0.3) is 12.2 Å². The molecule has 22 heavy (non-hydrogen) atoms. The summed E-state index contributed by atoms with van der Waals surface area (Å²) in [6.07, 6.45) is 8.38. The summed E-state index contributed by atoms with van der Waals surface area (Å²) in [5.41, 5.74) is 1.07. The van der Waals surface area contributed by atoms with E-state index >= 15 is 0 Å². The molecule has 5 heteroatoms. The minimum atomic E-state index is 0.644. The van der Waals surface area contributed by atoms with Gasteiger partial charge in [-0.1, -0.05) is 18.2 Å². The molecule has 0 saturated heterocycles. The topological polar surface area (TPSA) is 61.0 Å². The maximum atomic E-state index is 5.07. The van der Waals surface area contributed by atoms with Crippen LogP contribution in [0.1, 0.15) is 17.1 Å². The van der Waals surface area contributed by atoms with Crippen LogP contribution in [0.15, 0.2) is 59.7 Å². The highest BCUT2D eigenvalue weighted by Gasteiger charge is 1.91. The smallest absolute Gasteiger partial charge is 0.155 e. The van der Waals surface area contributed by atoms with Crippen molar-refractivity contribution in [1.82, 2.24) is 15.0 Å². The van der Waals surface area contributed by atoms with E-state index in [1.165, 1.54) is 12.7 Å². The van der Waals surface area contributed by atoms with Crippen LogP contribution in [0.5, 0.6) is 5.75 Å². The molecule has 0 N–H and O–H groups in total. The largest absolute Gasteiger partial charge is 0.497 e. The van der Waals surface area contributed by atoms with Crippen LogP contribution in [0.4, 0.5) is 0 Å². The fourth-order valence-corrected chi connectivity index (χ4v) is 1.58. The SMILES string of the molecule is COc1ccc(C=Cc2ncncn2)cc1.Cc1ccco1. The summed E-state index contributed by atoms with van der Waals surface area (Å²) >= 11 is 0. The standard InChI is InChI=1S/C12H11N3O.C5H6O/c1-16-11-5-2-10(3-6-11)4-7-12-14-8-13-9-15-12;1-5-3-2-4-6-5/h2-9H,1H3;2-4H,1H3. The molecule has 0 radical (unpaired) electrons. The first-order valence-corrected chi connectivity index (χ1v) is 6.72. The monoisotopic (exact) mass is 295 g/mol. The van der Waals surface area contributed by atoms with Gasteiger partial charge in [-0.05, 0) is 42.8 Å². The van der Waals surface area contributed by atoms with Gasteiger partial charge >= 0.3 is 0 Å². The highest BCUT2D eigenvalue weighted by atomic mass is 16.5. The highest BCUT2D eigenvalue weighted by molar-refractivity contribution is 5.66. The maximum absolute atomic E-state index is 5.07. The average Bonchev–Trinajstić information content (AvgIpc) is 3.06. The van der Waals surface area contributed by atoms with E-state index in [0.717, 1.165) is 17.1 Å². The van der Waals surface area contributed by atoms with E-state index < -0.39 is 0 Å². The first-order chi connectivity index (χ1) is 10.8. The van der Waals surface area contributed by atoms with Gasteiger partial charge in [-0.15, -0.1) is 0 Å². The lowest BCUT2D eigenvalue weighted by molar-refractivity contribution is 0.415. The summed E-state index contributed by atoms with van der Waals surface area (Å²) in [4.78, 5) is 11.7. The Bertz CT molecular complexity index is 678. The quantitative estimate of drug-likeness (QED) is 0.738. The van der Waals surface area contributed by atoms with Gasteiger partial charge in [0.05, 0.1) is 13.4 Å². The summed E-state index contributed by atoms with van der Waals surface area (Å²) < 4.78 is 9.91. The molecule has 0 bridgehead atoms. The third-order valence-electron chi connectivity index (χ3n) is 2.72. The molecule has 1 aromatic carbocycles. The highest BCUT2D eigenvalue weighted by Crippen LogP contribution is 2.12. The van der Waals surface area contributed by atoms with Crippen molar-refractivity contribution in [2.45, 2.75) is 6.92 Å². The van der Waals surface area contributed by atoms with Crippen LogP contribution < -0.4 is 4.74 Å². The molecule has 2 heterocycles. The van der Waals surface area contributed by atoms with Gasteiger partial charge in [-0.25, -0.2) is 15.0 Å². The Morgan fingerprint density at radius 3 is 2.23 bits per heavy atom. The number of benzene rings is 1. The lowest BCUT2D eigenvalue weighted by Gasteiger charge is -1.98. The molecular formula is C17H17N3O2. The fourth-order valence-electron chi connectivity index (χ4n) is 1.58. The number of hydrogen-bond acceptors (Lipinski definition) is 5. The molecule has 3 aromatic rings. The van der Waals surface area contributed by atoms with Crippen LogP contribution in [-0.2, 0) is 0 Å². The minimum Gasteiger partial charge on any atom is -0.497 e. The van der Waals surface area contributed by atoms with Gasteiger partial charge in [0.15, 0.2) is 5.82 Å². The molecule has 5 nitrogen and oxygen atoms in total. The Morgan fingerprint density at radius 1 is 1.00 bits per heavy atom. The minimum absolute atomic E-state index is 0.644. The molecule has 2 aromatic heterocycles. The number of nitrogens with zero attached hydrogens (tertiary/aromatic N) is 3. The van der Waals surface area contributed by atoms with E-state index in [1.807, 2.05) is 55.5 Å². The number of aryl methyl sites for hydroxylation is 1. The molecular weight excluding hydrogens is 278 g/mol. The van der Waals surface area contributed by atoms with Crippen LogP contribution >= 0.6 is 0 Å². The van der Waals surface area contributed by atoms with Crippen molar-refractivity contribution in [3.8, 4) is 5.75 Å². The zero-order valence-corrected chi connectivity index (χ0v) is 12.5. The second-order valence-electron chi connectivity index (χ2n) is 4.33. The second kappa shape index (κ2) is 8.36. The summed E-state index contributed by atoms with van der Waals surface area (Å²) in [6.45, 7) is 1.92. The van der Waals surface area contributed by atoms with Crippen molar-refractivity contribution in [1.29, 1.82) is 0 Å². The van der Waals surface area contributed by atoms with Gasteiger partial charge in [-0.3, -0.25) is 0 Å². The number of hydrogen-bond donors (Lipinski definition) is 0. The lowest BCUT2D eigenvalue weighted by Crippen LogP contribution is -1.86. The van der Waals surface area contributed by atoms with E-state index in [9.17, 15) is 0 Å². The predicted molar refractivity (Wildman–Crippen MR) is 85.2 cm³/mol. The summed E-state index contributed by atoms with van der Waals surface area (Å²) in [5.74, 6) is 2.46. The van der Waals surface area contributed by atoms with E-state index in [0.29, 0.717) is 5.82 Å². The summed E-state index contributed by atoms with van der Waals surface area (Å²) in [6, 6.07) is 11.5. The Labute approximate surface area is 129 Å². The van der Waals surface area contributed by atoms with Crippen molar-refractivity contribution in [3.63, 3.8) is 0 Å². The zero-order chi connectivity index (χ0) is 15.6. The Hall–Kier alpha value is -2.95. The Balaban J connectivity index is 0.000000246. The molecule has 0 saturated carbocycles. The third-order valence-corrected chi connectivity index (χ3v) is 2.72. The van der Waals surface area contributed by atoms with Crippen LogP contribution in [-0.4, -0.2) is 22.1 Å². The maximum Gasteiger partial charge on any atom is 0.155 e. The molecule has 3 rings (SSSR count). The predicted octanol–water partition coefficient (Wildman–Crippen LogP) is 3.64. The molecule has 0 unspecified atom stereocenters. The molecule has 112 valence electrons. The lowest BCUT2D eigenvalue weighted by atomic mass is 10.2. The number of methoxy groups -OCH3 is 1. The molecule has 0 aliphatic heterocycles. The second-order valence-corrected chi connectivity index (χ2v) is 4.33. The molecule has 0 spiro atoms. The van der Waals surface area contributed by atoms with Crippen molar-refractivity contribution in [2.24, 2.45) is 0 Å². The van der Waals surface area contributed by atoms with E-state index in [2.05, 4.69) is 15.0 Å². The average molecular weight is 295 g/mol. The summed E-state index contributed by atoms with van der Waals surface area (Å²) in [5, 5.41) is 0. The van der Waals surface area contributed by atoms with Crippen molar-refractivity contribution >= 4 is 12.2 Å². The molecule has 0 atom stereocenters. The zero-order valence-electron chi connectivity index (χ0n) is 12.5. The molecule has 0 amide bonds. The molecule has 0 aliphatic rings. The van der Waals surface area contributed by atoms with Crippen LogP contribution in [0.2, 0.25) is 0 Å². The summed E-state index contributed by atoms with van der Waals surface area (Å²) in [7, 11) is 1.65. The van der Waals surface area contributed by atoms with E-state index in [-0.39, 0.29) is 0 Å². The molecule has 0 aliphatic carbocycles. The van der Waals surface area contributed by atoms with Gasteiger partial charge in [0.1, 0.15) is 24.2 Å². The van der Waals surface area contributed by atoms with Crippen LogP contribution in [0.3, 0.4) is 0 Å². The van der Waals surface area contributed by atoms with Gasteiger partial charge in [0, 0.05) is 0 Å². The number of ether oxygens (including phenoxy) is 1. The van der Waals surface area contributed by atoms with Crippen molar-refractivity contribution in [3.05, 3.63) is 72.5 Å².